The average molecular weight is 427 g/mol. The number of halogens is 1. The Morgan fingerprint density at radius 2 is 2.04 bits per heavy atom. The van der Waals surface area contributed by atoms with Crippen LogP contribution in [-0.2, 0) is 14.3 Å². The average Bonchev–Trinajstić information content (AvgIpc) is 2.64. The van der Waals surface area contributed by atoms with Crippen molar-refractivity contribution in [2.24, 2.45) is 0 Å². The molecule has 0 fully saturated rings. The van der Waals surface area contributed by atoms with Gasteiger partial charge in [-0.05, 0) is 30.8 Å². The highest BCUT2D eigenvalue weighted by Crippen LogP contribution is 2.34. The second kappa shape index (κ2) is 10.8. The number of carbonyl (C=O) groups is 1. The number of hydrogen-bond donors (Lipinski definition) is 2. The van der Waals surface area contributed by atoms with Gasteiger partial charge in [0, 0.05) is 30.8 Å². The lowest BCUT2D eigenvalue weighted by molar-refractivity contribution is -0.858. The molecule has 1 aromatic rings. The summed E-state index contributed by atoms with van der Waals surface area (Å²) < 4.78 is 10.4. The molecule has 1 heterocycles. The van der Waals surface area contributed by atoms with E-state index in [1.807, 2.05) is 30.0 Å². The fourth-order valence-corrected chi connectivity index (χ4v) is 3.73. The first-order valence-electron chi connectivity index (χ1n) is 9.35. The number of nitrogens with one attached hydrogen (secondary N) is 2. The summed E-state index contributed by atoms with van der Waals surface area (Å²) >= 11 is 12.0. The zero-order chi connectivity index (χ0) is 20.7. The number of esters is 1. The minimum atomic E-state index is -0.452. The lowest BCUT2D eigenvalue weighted by atomic mass is 9.95. The first-order chi connectivity index (χ1) is 13.4. The van der Waals surface area contributed by atoms with E-state index in [0.717, 1.165) is 30.8 Å². The lowest BCUT2D eigenvalue weighted by Gasteiger charge is -2.37. The molecule has 0 amide bonds. The SMILES string of the molecule is COCCOC(=O)C1=C(C)N(CCC[NH+](C)C)C(=S)N[C@@H]1c1ccccc1Cl. The summed E-state index contributed by atoms with van der Waals surface area (Å²) in [6.07, 6.45) is 0.949. The highest BCUT2D eigenvalue weighted by atomic mass is 35.5. The minimum absolute atomic E-state index is 0.190. The number of methoxy groups -OCH3 is 1. The molecule has 1 aromatic carbocycles. The van der Waals surface area contributed by atoms with Gasteiger partial charge in [-0.25, -0.2) is 4.79 Å². The Kier molecular flexibility index (Phi) is 8.69. The fraction of sp³-hybridized carbons (Fsp3) is 0.500. The monoisotopic (exact) mass is 426 g/mol. The molecule has 0 aromatic heterocycles. The normalized spacial score (nSPS) is 17.1. The van der Waals surface area contributed by atoms with Gasteiger partial charge >= 0.3 is 5.97 Å². The third kappa shape index (κ3) is 5.67. The van der Waals surface area contributed by atoms with Gasteiger partial charge in [-0.2, -0.15) is 0 Å². The number of nitrogens with zero attached hydrogens (tertiary/aromatic N) is 1. The molecule has 8 heteroatoms. The van der Waals surface area contributed by atoms with E-state index >= 15 is 0 Å². The summed E-state index contributed by atoms with van der Waals surface area (Å²) in [4.78, 5) is 16.3. The summed E-state index contributed by atoms with van der Waals surface area (Å²) in [5.74, 6) is -0.391. The van der Waals surface area contributed by atoms with Crippen molar-refractivity contribution in [1.82, 2.24) is 10.2 Å². The third-order valence-electron chi connectivity index (χ3n) is 4.61. The number of hydrogen-bond acceptors (Lipinski definition) is 4. The van der Waals surface area contributed by atoms with E-state index < -0.39 is 12.0 Å². The molecule has 0 saturated heterocycles. The number of quaternary nitrogens is 1. The molecule has 0 radical (unpaired) electrons. The first kappa shape index (κ1) is 22.6. The van der Waals surface area contributed by atoms with E-state index in [1.54, 1.807) is 13.2 Å². The smallest absolute Gasteiger partial charge is 0.338 e. The molecule has 1 atom stereocenters. The van der Waals surface area contributed by atoms with Crippen molar-refractivity contribution in [3.8, 4) is 0 Å². The number of ether oxygens (including phenoxy) is 2. The van der Waals surface area contributed by atoms with Gasteiger partial charge in [-0.3, -0.25) is 0 Å². The van der Waals surface area contributed by atoms with Crippen molar-refractivity contribution in [3.63, 3.8) is 0 Å². The highest BCUT2D eigenvalue weighted by molar-refractivity contribution is 7.80. The molecule has 0 saturated carbocycles. The van der Waals surface area contributed by atoms with E-state index in [9.17, 15) is 4.79 Å². The number of thiocarbonyl (C=S) groups is 1. The van der Waals surface area contributed by atoms with E-state index in [1.165, 1.54) is 4.90 Å². The minimum Gasteiger partial charge on any atom is -0.460 e. The molecule has 0 spiro atoms. The summed E-state index contributed by atoms with van der Waals surface area (Å²) in [7, 11) is 5.79. The Bertz CT molecular complexity index is 739. The highest BCUT2D eigenvalue weighted by Gasteiger charge is 2.35. The zero-order valence-electron chi connectivity index (χ0n) is 16.9. The van der Waals surface area contributed by atoms with Crippen LogP contribution in [0.25, 0.3) is 0 Å². The van der Waals surface area contributed by atoms with E-state index in [0.29, 0.717) is 22.3 Å². The molecular formula is C20H29ClN3O3S+. The third-order valence-corrected chi connectivity index (χ3v) is 5.29. The molecule has 28 heavy (non-hydrogen) atoms. The largest absolute Gasteiger partial charge is 0.460 e. The Hall–Kier alpha value is -1.67. The molecule has 0 bridgehead atoms. The second-order valence-corrected chi connectivity index (χ2v) is 7.79. The van der Waals surface area contributed by atoms with Crippen LogP contribution in [0.1, 0.15) is 24.9 Å². The first-order valence-corrected chi connectivity index (χ1v) is 10.1. The van der Waals surface area contributed by atoms with Crippen LogP contribution in [0.5, 0.6) is 0 Å². The predicted molar refractivity (Wildman–Crippen MR) is 114 cm³/mol. The summed E-state index contributed by atoms with van der Waals surface area (Å²) in [6.45, 7) is 4.18. The van der Waals surface area contributed by atoms with Crippen LogP contribution in [0, 0.1) is 0 Å². The Morgan fingerprint density at radius 3 is 2.68 bits per heavy atom. The van der Waals surface area contributed by atoms with Crippen LogP contribution in [0.3, 0.4) is 0 Å². The second-order valence-electron chi connectivity index (χ2n) is 6.99. The molecule has 1 aliphatic heterocycles. The van der Waals surface area contributed by atoms with Gasteiger partial charge in [0.2, 0.25) is 0 Å². The van der Waals surface area contributed by atoms with E-state index in [-0.39, 0.29) is 6.61 Å². The van der Waals surface area contributed by atoms with Crippen LogP contribution >= 0.6 is 23.8 Å². The van der Waals surface area contributed by atoms with Crippen molar-refractivity contribution in [3.05, 3.63) is 46.1 Å². The Morgan fingerprint density at radius 1 is 1.32 bits per heavy atom. The predicted octanol–water partition coefficient (Wildman–Crippen LogP) is 1.57. The molecule has 2 rings (SSSR count). The topological polar surface area (TPSA) is 55.2 Å². The number of rotatable bonds is 9. The van der Waals surface area contributed by atoms with Gasteiger partial charge in [0.25, 0.3) is 0 Å². The van der Waals surface area contributed by atoms with Crippen molar-refractivity contribution >= 4 is 34.9 Å². The van der Waals surface area contributed by atoms with Gasteiger partial charge in [0.1, 0.15) is 6.61 Å². The molecule has 0 aliphatic carbocycles. The quantitative estimate of drug-likeness (QED) is 0.355. The molecule has 2 N–H and O–H groups in total. The van der Waals surface area contributed by atoms with Crippen LogP contribution in [0.15, 0.2) is 35.5 Å². The molecular weight excluding hydrogens is 398 g/mol. The van der Waals surface area contributed by atoms with Crippen LogP contribution in [0.2, 0.25) is 5.02 Å². The number of allylic oxidation sites excluding steroid dienone is 1. The van der Waals surface area contributed by atoms with Crippen molar-refractivity contribution in [2.75, 3.05) is 47.5 Å². The summed E-state index contributed by atoms with van der Waals surface area (Å²) in [5.41, 5.74) is 2.11. The van der Waals surface area contributed by atoms with Crippen LogP contribution in [-0.4, -0.2) is 63.5 Å². The lowest BCUT2D eigenvalue weighted by Crippen LogP contribution is -3.05. The van der Waals surface area contributed by atoms with E-state index in [4.69, 9.17) is 33.3 Å². The summed E-state index contributed by atoms with van der Waals surface area (Å²) in [5, 5.41) is 4.45. The Labute approximate surface area is 177 Å². The van der Waals surface area contributed by atoms with Gasteiger partial charge in [0.15, 0.2) is 5.11 Å². The molecule has 154 valence electrons. The maximum atomic E-state index is 12.9. The standard InChI is InChI=1S/C20H28ClN3O3S/c1-14-17(19(25)27-13-12-26-4)18(15-8-5-6-9-16(15)21)22-20(28)24(14)11-7-10-23(2)3/h5-6,8-9,18H,7,10-13H2,1-4H3,(H,22,28)/p+1/t18-/m1/s1. The number of benzene rings is 1. The zero-order valence-corrected chi connectivity index (χ0v) is 18.5. The van der Waals surface area contributed by atoms with Crippen LogP contribution in [0.4, 0.5) is 0 Å². The maximum absolute atomic E-state index is 12.9. The number of carbonyl (C=O) groups excluding carboxylic acids is 1. The Balaban J connectivity index is 2.36. The van der Waals surface area contributed by atoms with E-state index in [2.05, 4.69) is 19.4 Å². The van der Waals surface area contributed by atoms with Crippen molar-refractivity contribution in [1.29, 1.82) is 0 Å². The van der Waals surface area contributed by atoms with Gasteiger partial charge in [-0.1, -0.05) is 29.8 Å². The van der Waals surface area contributed by atoms with Crippen molar-refractivity contribution in [2.45, 2.75) is 19.4 Å². The van der Waals surface area contributed by atoms with Gasteiger partial charge < -0.3 is 24.6 Å². The molecule has 6 nitrogen and oxygen atoms in total. The van der Waals surface area contributed by atoms with Gasteiger partial charge in [0.05, 0.1) is 38.9 Å². The summed E-state index contributed by atoms with van der Waals surface area (Å²) in [6, 6.07) is 6.99. The van der Waals surface area contributed by atoms with Crippen molar-refractivity contribution < 1.29 is 19.2 Å². The molecule has 0 unspecified atom stereocenters. The van der Waals surface area contributed by atoms with Crippen LogP contribution < -0.4 is 10.2 Å². The maximum Gasteiger partial charge on any atom is 0.338 e. The fourth-order valence-electron chi connectivity index (χ4n) is 3.14. The van der Waals surface area contributed by atoms with Gasteiger partial charge in [-0.15, -0.1) is 0 Å². The molecule has 1 aliphatic rings.